The summed E-state index contributed by atoms with van der Waals surface area (Å²) in [6.07, 6.45) is -1.95. The van der Waals surface area contributed by atoms with Crippen molar-refractivity contribution in [3.05, 3.63) is 86.5 Å². The van der Waals surface area contributed by atoms with E-state index in [0.29, 0.717) is 40.6 Å². The molecule has 1 fully saturated rings. The minimum absolute atomic E-state index is 0.00481. The maximum absolute atomic E-state index is 13.7. The number of quaternary nitrogens is 1. The van der Waals surface area contributed by atoms with Gasteiger partial charge in [-0.2, -0.15) is 18.4 Å². The summed E-state index contributed by atoms with van der Waals surface area (Å²) in [6.45, 7) is 2.01. The number of hydrogen-bond acceptors (Lipinski definition) is 7. The van der Waals surface area contributed by atoms with Crippen LogP contribution in [0.3, 0.4) is 0 Å². The summed E-state index contributed by atoms with van der Waals surface area (Å²) in [5, 5.41) is 26.4. The number of alkyl halides is 3. The van der Waals surface area contributed by atoms with Crippen molar-refractivity contribution < 1.29 is 32.3 Å². The molecule has 10 nitrogen and oxygen atoms in total. The Balaban J connectivity index is 1.70. The predicted molar refractivity (Wildman–Crippen MR) is 155 cm³/mol. The van der Waals surface area contributed by atoms with Crippen LogP contribution in [0.4, 0.5) is 24.8 Å². The number of nitrogens with zero attached hydrogens (tertiary/aromatic N) is 5. The van der Waals surface area contributed by atoms with Crippen LogP contribution in [-0.4, -0.2) is 63.7 Å². The number of carbonyl (C=O) groups is 1. The molecule has 0 radical (unpaired) electrons. The number of ether oxygens (including phenoxy) is 1. The Bertz CT molecular complexity index is 1710. The first kappa shape index (κ1) is 31.0. The molecule has 0 amide bonds. The minimum atomic E-state index is -4.62. The van der Waals surface area contributed by atoms with Gasteiger partial charge in [0.15, 0.2) is 0 Å². The summed E-state index contributed by atoms with van der Waals surface area (Å²) in [5.41, 5.74) is 0.403. The molecule has 1 aliphatic heterocycles. The zero-order valence-corrected chi connectivity index (χ0v) is 24.9. The Hall–Kier alpha value is -4.41. The topological polar surface area (TPSA) is 124 Å². The highest BCUT2D eigenvalue weighted by atomic mass is 19.4. The number of benzene rings is 2. The van der Waals surface area contributed by atoms with Gasteiger partial charge in [0.25, 0.3) is 0 Å². The van der Waals surface area contributed by atoms with Crippen LogP contribution in [0.15, 0.2) is 58.5 Å². The lowest BCUT2D eigenvalue weighted by Crippen LogP contribution is -2.50. The van der Waals surface area contributed by atoms with Gasteiger partial charge in [0.05, 0.1) is 56.1 Å². The van der Waals surface area contributed by atoms with Crippen molar-refractivity contribution in [1.29, 1.82) is 5.26 Å². The van der Waals surface area contributed by atoms with Gasteiger partial charge in [0.2, 0.25) is 5.95 Å². The summed E-state index contributed by atoms with van der Waals surface area (Å²) in [4.78, 5) is 28.2. The van der Waals surface area contributed by atoms with Crippen molar-refractivity contribution in [3.63, 3.8) is 0 Å². The second kappa shape index (κ2) is 11.6. The Morgan fingerprint density at radius 3 is 2.52 bits per heavy atom. The van der Waals surface area contributed by atoms with Crippen LogP contribution in [0, 0.1) is 11.3 Å². The number of aliphatic hydroxyl groups is 1. The van der Waals surface area contributed by atoms with E-state index >= 15 is 0 Å². The van der Waals surface area contributed by atoms with Crippen molar-refractivity contribution in [1.82, 2.24) is 14.8 Å². The zero-order valence-electron chi connectivity index (χ0n) is 24.9. The van der Waals surface area contributed by atoms with Gasteiger partial charge in [0.1, 0.15) is 12.6 Å². The van der Waals surface area contributed by atoms with Gasteiger partial charge in [-0.15, -0.1) is 5.10 Å². The number of aliphatic hydroxyl groups excluding tert-OH is 1. The predicted octanol–water partition coefficient (Wildman–Crippen LogP) is 4.53. The molecule has 5 rings (SSSR count). The Kier molecular flexibility index (Phi) is 8.17. The number of halogens is 3. The van der Waals surface area contributed by atoms with E-state index in [0.717, 1.165) is 25.0 Å². The molecule has 0 spiro atoms. The van der Waals surface area contributed by atoms with Gasteiger partial charge in [-0.3, -0.25) is 4.90 Å². The second-order valence-electron chi connectivity index (χ2n) is 11.9. The van der Waals surface area contributed by atoms with Gasteiger partial charge >= 0.3 is 17.8 Å². The van der Waals surface area contributed by atoms with Crippen molar-refractivity contribution in [3.8, 4) is 6.07 Å². The fourth-order valence-corrected chi connectivity index (χ4v) is 6.48. The highest BCUT2D eigenvalue weighted by Crippen LogP contribution is 2.44. The van der Waals surface area contributed by atoms with Crippen LogP contribution in [0.2, 0.25) is 0 Å². The summed E-state index contributed by atoms with van der Waals surface area (Å²) in [6, 6.07) is 10.9. The number of esters is 1. The van der Waals surface area contributed by atoms with Crippen LogP contribution in [0.1, 0.15) is 60.9 Å². The fourth-order valence-electron chi connectivity index (χ4n) is 6.48. The number of allylic oxidation sites excluding steroid dienone is 1. The summed E-state index contributed by atoms with van der Waals surface area (Å²) in [7, 11) is 5.33. The lowest BCUT2D eigenvalue weighted by molar-refractivity contribution is -0.929. The monoisotopic (exact) mass is 611 g/mol. The molecule has 0 bridgehead atoms. The lowest BCUT2D eigenvalue weighted by Gasteiger charge is -2.42. The number of nitriles is 1. The Morgan fingerprint density at radius 2 is 1.89 bits per heavy atom. The highest BCUT2D eigenvalue weighted by molar-refractivity contribution is 5.93. The van der Waals surface area contributed by atoms with E-state index in [1.807, 2.05) is 0 Å². The van der Waals surface area contributed by atoms with Crippen LogP contribution < -0.4 is 10.6 Å². The number of rotatable bonds is 6. The maximum Gasteiger partial charge on any atom is 0.416 e. The standard InChI is InChI=1S/C31H33F3N6O4/c1-18-26(28(42)44-4)27(39-29(36-37-30(39)43)38(18)22-7-5-6-21(15-22)31(32,33)34)25-13-8-19(16-35)14-20(25)17-40(2,3)23-9-11-24(41)12-10-23/h5-8,13-15,23-24,27,41H,9-12,17H2,1-4H3/p+1. The molecular formula is C31H34F3N6O4+. The molecule has 2 heterocycles. The Morgan fingerprint density at radius 1 is 1.18 bits per heavy atom. The third-order valence-electron chi connectivity index (χ3n) is 8.78. The molecule has 1 atom stereocenters. The van der Waals surface area contributed by atoms with E-state index < -0.39 is 29.4 Å². The number of hydrogen-bond donors (Lipinski definition) is 2. The molecule has 232 valence electrons. The number of H-pyrrole nitrogens is 1. The molecule has 44 heavy (non-hydrogen) atoms. The van der Waals surface area contributed by atoms with Gasteiger partial charge in [-0.05, 0) is 55.7 Å². The quantitative estimate of drug-likeness (QED) is 0.310. The third-order valence-corrected chi connectivity index (χ3v) is 8.78. The van der Waals surface area contributed by atoms with Gasteiger partial charge in [0, 0.05) is 29.8 Å². The smallest absolute Gasteiger partial charge is 0.416 e. The lowest BCUT2D eigenvalue weighted by atomic mass is 9.88. The molecule has 3 aromatic rings. The average Bonchev–Trinajstić information content (AvgIpc) is 3.36. The molecule has 13 heteroatoms. The summed E-state index contributed by atoms with van der Waals surface area (Å²) in [5.74, 6) is -0.775. The number of anilines is 2. The molecule has 1 saturated carbocycles. The average molecular weight is 612 g/mol. The summed E-state index contributed by atoms with van der Waals surface area (Å²) >= 11 is 0. The normalized spacial score (nSPS) is 20.7. The second-order valence-corrected chi connectivity index (χ2v) is 11.9. The van der Waals surface area contributed by atoms with E-state index in [-0.39, 0.29) is 35.1 Å². The molecule has 2 N–H and O–H groups in total. The van der Waals surface area contributed by atoms with Crippen molar-refractivity contribution >= 4 is 17.6 Å². The first-order valence-corrected chi connectivity index (χ1v) is 14.2. The van der Waals surface area contributed by atoms with E-state index in [4.69, 9.17) is 4.74 Å². The molecular weight excluding hydrogens is 577 g/mol. The fraction of sp³-hybridized carbons (Fsp3) is 0.419. The van der Waals surface area contributed by atoms with Crippen LogP contribution in [0.25, 0.3) is 0 Å². The van der Waals surface area contributed by atoms with E-state index in [2.05, 4.69) is 30.4 Å². The maximum atomic E-state index is 13.7. The first-order valence-electron chi connectivity index (χ1n) is 14.2. The molecule has 1 aliphatic carbocycles. The van der Waals surface area contributed by atoms with Crippen LogP contribution >= 0.6 is 0 Å². The van der Waals surface area contributed by atoms with Gasteiger partial charge in [-0.25, -0.2) is 19.3 Å². The first-order chi connectivity index (χ1) is 20.8. The van der Waals surface area contributed by atoms with Crippen LogP contribution in [-0.2, 0) is 22.3 Å². The molecule has 0 saturated heterocycles. The molecule has 1 aromatic heterocycles. The van der Waals surface area contributed by atoms with Crippen molar-refractivity contribution in [2.45, 2.75) is 63.5 Å². The molecule has 1 unspecified atom stereocenters. The molecule has 2 aliphatic rings. The minimum Gasteiger partial charge on any atom is -0.466 e. The number of nitrogens with one attached hydrogen (secondary N) is 1. The Labute approximate surface area is 252 Å². The largest absolute Gasteiger partial charge is 0.466 e. The summed E-state index contributed by atoms with van der Waals surface area (Å²) < 4.78 is 47.9. The number of aromatic amines is 1. The van der Waals surface area contributed by atoms with Crippen molar-refractivity contribution in [2.24, 2.45) is 0 Å². The SMILES string of the molecule is COC(=O)C1=C(C)N(c2cccc(C(F)(F)F)c2)c2n[nH]c(=O)n2C1c1ccc(C#N)cc1C[N+](C)(C)C1CCC(O)CC1. The third kappa shape index (κ3) is 5.62. The highest BCUT2D eigenvalue weighted by Gasteiger charge is 2.42. The van der Waals surface area contributed by atoms with E-state index in [1.165, 1.54) is 28.7 Å². The number of carbonyl (C=O) groups excluding carboxylic acids is 1. The number of fused-ring (bicyclic) bond motifs is 1. The van der Waals surface area contributed by atoms with E-state index in [1.54, 1.807) is 25.1 Å². The van der Waals surface area contributed by atoms with Crippen LogP contribution in [0.5, 0.6) is 0 Å². The zero-order chi connectivity index (χ0) is 32.0. The van der Waals surface area contributed by atoms with Gasteiger partial charge in [-0.1, -0.05) is 12.1 Å². The number of methoxy groups -OCH3 is 1. The van der Waals surface area contributed by atoms with E-state index in [9.17, 15) is 33.1 Å². The number of aromatic nitrogens is 3. The van der Waals surface area contributed by atoms with Gasteiger partial charge < -0.3 is 14.3 Å². The molecule has 2 aromatic carbocycles. The van der Waals surface area contributed by atoms with Crippen molar-refractivity contribution in [2.75, 3.05) is 26.1 Å².